The van der Waals surface area contributed by atoms with Gasteiger partial charge in [-0.1, -0.05) is 52.0 Å². The minimum atomic E-state index is -1.45. The molecule has 2 atom stereocenters. The summed E-state index contributed by atoms with van der Waals surface area (Å²) in [6, 6.07) is 7.70. The zero-order valence-electron chi connectivity index (χ0n) is 16.4. The molecule has 0 amide bonds. The van der Waals surface area contributed by atoms with Crippen molar-refractivity contribution in [2.45, 2.75) is 59.3 Å². The fraction of sp³-hybridized carbons (Fsp3) is 0.684. The second-order valence-corrected chi connectivity index (χ2v) is 9.95. The Morgan fingerprint density at radius 2 is 1.54 bits per heavy atom. The van der Waals surface area contributed by atoms with E-state index in [0.717, 1.165) is 17.5 Å². The van der Waals surface area contributed by atoms with Gasteiger partial charge in [0.15, 0.2) is 21.1 Å². The van der Waals surface area contributed by atoms with Gasteiger partial charge in [0.25, 0.3) is 0 Å². The van der Waals surface area contributed by atoms with Gasteiger partial charge in [0, 0.05) is 31.3 Å². The fourth-order valence-electron chi connectivity index (χ4n) is 3.43. The monoisotopic (exact) mass is 354 g/mol. The summed E-state index contributed by atoms with van der Waals surface area (Å²) in [4.78, 5) is 0. The van der Waals surface area contributed by atoms with Crippen LogP contribution in [0, 0.1) is 11.3 Å². The number of methoxy groups -OCH3 is 2. The van der Waals surface area contributed by atoms with E-state index in [0.29, 0.717) is 0 Å². The van der Waals surface area contributed by atoms with Gasteiger partial charge in [0.05, 0.1) is 0 Å². The first kappa shape index (κ1) is 21.3. The third kappa shape index (κ3) is 4.89. The Hall–Kier alpha value is -0.723. The summed E-state index contributed by atoms with van der Waals surface area (Å²) in [6.45, 7) is 12.7. The normalized spacial score (nSPS) is 16.5. The number of benzene rings is 1. The number of hydrogen-bond donors (Lipinski definition) is 1. The SMILES string of the molecule is CCC(C(C)(C)C)C(O)(O[SiH](C)C)c1ccc(C(OC)OC)cc1. The van der Waals surface area contributed by atoms with Crippen LogP contribution in [0.15, 0.2) is 24.3 Å². The van der Waals surface area contributed by atoms with E-state index in [9.17, 15) is 5.11 Å². The molecule has 138 valence electrons. The number of ether oxygens (including phenoxy) is 2. The van der Waals surface area contributed by atoms with Gasteiger partial charge in [-0.25, -0.2) is 0 Å². The first-order valence-electron chi connectivity index (χ1n) is 8.66. The molecule has 0 aromatic heterocycles. The van der Waals surface area contributed by atoms with Crippen molar-refractivity contribution < 1.29 is 19.0 Å². The minimum absolute atomic E-state index is 0.00797. The Kier molecular flexibility index (Phi) is 7.63. The highest BCUT2D eigenvalue weighted by Crippen LogP contribution is 2.44. The van der Waals surface area contributed by atoms with Crippen LogP contribution in [0.3, 0.4) is 0 Å². The summed E-state index contributed by atoms with van der Waals surface area (Å²) >= 11 is 0. The summed E-state index contributed by atoms with van der Waals surface area (Å²) in [5.41, 5.74) is 1.63. The lowest BCUT2D eigenvalue weighted by Gasteiger charge is -2.44. The molecule has 0 aliphatic heterocycles. The summed E-state index contributed by atoms with van der Waals surface area (Å²) < 4.78 is 16.8. The van der Waals surface area contributed by atoms with Crippen LogP contribution in [-0.2, 0) is 19.7 Å². The van der Waals surface area contributed by atoms with E-state index in [1.807, 2.05) is 24.3 Å². The van der Waals surface area contributed by atoms with Crippen molar-refractivity contribution in [3.05, 3.63) is 35.4 Å². The smallest absolute Gasteiger partial charge is 0.186 e. The molecule has 0 bridgehead atoms. The zero-order chi connectivity index (χ0) is 18.5. The predicted molar refractivity (Wildman–Crippen MR) is 100 cm³/mol. The molecule has 0 saturated carbocycles. The first-order chi connectivity index (χ1) is 11.1. The minimum Gasteiger partial charge on any atom is -0.390 e. The molecule has 1 aromatic carbocycles. The Bertz CT molecular complexity index is 491. The van der Waals surface area contributed by atoms with Gasteiger partial charge in [-0.2, -0.15) is 0 Å². The fourth-order valence-corrected chi connectivity index (χ4v) is 4.45. The van der Waals surface area contributed by atoms with E-state index in [-0.39, 0.29) is 11.3 Å². The predicted octanol–water partition coefficient (Wildman–Crippen LogP) is 4.20. The van der Waals surface area contributed by atoms with Gasteiger partial charge in [-0.05, 0) is 24.9 Å². The van der Waals surface area contributed by atoms with Crippen molar-refractivity contribution in [2.75, 3.05) is 14.2 Å². The molecule has 0 aliphatic rings. The largest absolute Gasteiger partial charge is 0.390 e. The van der Waals surface area contributed by atoms with Crippen LogP contribution in [0.25, 0.3) is 0 Å². The quantitative estimate of drug-likeness (QED) is 0.561. The van der Waals surface area contributed by atoms with E-state index in [1.54, 1.807) is 14.2 Å². The number of aliphatic hydroxyl groups is 1. The lowest BCUT2D eigenvalue weighted by molar-refractivity contribution is -0.216. The lowest BCUT2D eigenvalue weighted by Crippen LogP contribution is -2.46. The first-order valence-corrected chi connectivity index (χ1v) is 11.4. The molecule has 0 saturated heterocycles. The van der Waals surface area contributed by atoms with Gasteiger partial charge >= 0.3 is 0 Å². The Morgan fingerprint density at radius 3 is 1.88 bits per heavy atom. The molecule has 0 heterocycles. The summed E-state index contributed by atoms with van der Waals surface area (Å²) in [5, 5.41) is 11.5. The molecule has 24 heavy (non-hydrogen) atoms. The third-order valence-electron chi connectivity index (χ3n) is 4.37. The van der Waals surface area contributed by atoms with Crippen molar-refractivity contribution in [3.63, 3.8) is 0 Å². The second-order valence-electron chi connectivity index (χ2n) is 7.62. The Balaban J connectivity index is 3.30. The van der Waals surface area contributed by atoms with Crippen LogP contribution in [-0.4, -0.2) is 28.4 Å². The maximum Gasteiger partial charge on any atom is 0.186 e. The van der Waals surface area contributed by atoms with Gasteiger partial charge in [0.1, 0.15) is 0 Å². The van der Waals surface area contributed by atoms with Crippen molar-refractivity contribution >= 4 is 9.04 Å². The highest BCUT2D eigenvalue weighted by Gasteiger charge is 2.45. The molecule has 0 spiro atoms. The topological polar surface area (TPSA) is 47.9 Å². The van der Waals surface area contributed by atoms with Gasteiger partial charge < -0.3 is 19.0 Å². The molecule has 1 rings (SSSR count). The summed E-state index contributed by atoms with van der Waals surface area (Å²) in [5.74, 6) is -1.28. The highest BCUT2D eigenvalue weighted by atomic mass is 28.3. The van der Waals surface area contributed by atoms with E-state index in [4.69, 9.17) is 13.9 Å². The van der Waals surface area contributed by atoms with Crippen LogP contribution >= 0.6 is 0 Å². The third-order valence-corrected chi connectivity index (χ3v) is 5.20. The average molecular weight is 355 g/mol. The van der Waals surface area contributed by atoms with Crippen molar-refractivity contribution in [1.82, 2.24) is 0 Å². The molecule has 0 aliphatic carbocycles. The van der Waals surface area contributed by atoms with E-state index in [1.165, 1.54) is 0 Å². The van der Waals surface area contributed by atoms with E-state index in [2.05, 4.69) is 40.8 Å². The van der Waals surface area contributed by atoms with Crippen LogP contribution in [0.5, 0.6) is 0 Å². The van der Waals surface area contributed by atoms with E-state index < -0.39 is 21.1 Å². The standard InChI is InChI=1S/C19H34O4Si/c1-9-16(18(2,3)4)19(20,23-24(7)8)15-12-10-14(11-13-15)17(21-5)22-6/h10-13,16-17,20,24H,9H2,1-8H3. The lowest BCUT2D eigenvalue weighted by atomic mass is 9.72. The van der Waals surface area contributed by atoms with Gasteiger partial charge in [-0.3, -0.25) is 0 Å². The van der Waals surface area contributed by atoms with Crippen LogP contribution in [0.2, 0.25) is 13.1 Å². The zero-order valence-corrected chi connectivity index (χ0v) is 17.6. The summed E-state index contributed by atoms with van der Waals surface area (Å²) in [7, 11) is 1.77. The average Bonchev–Trinajstić information content (AvgIpc) is 2.47. The number of hydrogen-bond acceptors (Lipinski definition) is 4. The van der Waals surface area contributed by atoms with Crippen molar-refractivity contribution in [2.24, 2.45) is 11.3 Å². The molecule has 1 aromatic rings. The second kappa shape index (κ2) is 8.58. The van der Waals surface area contributed by atoms with Crippen LogP contribution < -0.4 is 0 Å². The van der Waals surface area contributed by atoms with E-state index >= 15 is 0 Å². The molecule has 0 radical (unpaired) electrons. The highest BCUT2D eigenvalue weighted by molar-refractivity contribution is 6.48. The number of rotatable bonds is 8. The molecule has 5 heteroatoms. The Morgan fingerprint density at radius 1 is 1.04 bits per heavy atom. The van der Waals surface area contributed by atoms with Gasteiger partial charge in [0.2, 0.25) is 0 Å². The summed E-state index contributed by atoms with van der Waals surface area (Å²) in [6.07, 6.45) is 0.430. The maximum atomic E-state index is 11.5. The van der Waals surface area contributed by atoms with Crippen LogP contribution in [0.1, 0.15) is 51.5 Å². The molecule has 4 nitrogen and oxygen atoms in total. The van der Waals surface area contributed by atoms with Crippen molar-refractivity contribution in [1.29, 1.82) is 0 Å². The van der Waals surface area contributed by atoms with Gasteiger partial charge in [-0.15, -0.1) is 0 Å². The molecule has 1 N–H and O–H groups in total. The molecular formula is C19H34O4Si. The van der Waals surface area contributed by atoms with Crippen molar-refractivity contribution in [3.8, 4) is 0 Å². The Labute approximate surface area is 148 Å². The van der Waals surface area contributed by atoms with Crippen LogP contribution in [0.4, 0.5) is 0 Å². The molecule has 0 fully saturated rings. The molecular weight excluding hydrogens is 320 g/mol. The molecule has 2 unspecified atom stereocenters. The maximum absolute atomic E-state index is 11.5.